The number of furan rings is 3. The van der Waals surface area contributed by atoms with E-state index in [2.05, 4.69) is 262 Å². The van der Waals surface area contributed by atoms with Crippen LogP contribution in [0.15, 0.2) is 256 Å². The van der Waals surface area contributed by atoms with Crippen molar-refractivity contribution in [1.82, 2.24) is 0 Å². The number of rotatable bonds is 8. The predicted octanol–water partition coefficient (Wildman–Crippen LogP) is 19.9. The van der Waals surface area contributed by atoms with Gasteiger partial charge in [-0.3, -0.25) is 0 Å². The highest BCUT2D eigenvalue weighted by molar-refractivity contribution is 7.00. The van der Waals surface area contributed by atoms with Gasteiger partial charge in [0, 0.05) is 78.3 Å². The highest BCUT2D eigenvalue weighted by Crippen LogP contribution is 2.49. The summed E-state index contributed by atoms with van der Waals surface area (Å²) in [4.78, 5) is 7.51. The molecule has 0 N–H and O–H groups in total. The largest absolute Gasteiger partial charge is 0.456 e. The van der Waals surface area contributed by atoms with E-state index in [-0.39, 0.29) is 12.1 Å². The van der Waals surface area contributed by atoms with Gasteiger partial charge in [0.05, 0.1) is 5.69 Å². The van der Waals surface area contributed by atoms with Crippen LogP contribution in [0.5, 0.6) is 0 Å². The number of anilines is 9. The van der Waals surface area contributed by atoms with Crippen molar-refractivity contribution in [2.75, 3.05) is 14.7 Å². The summed E-state index contributed by atoms with van der Waals surface area (Å²) in [6.45, 7) is 13.6. The second kappa shape index (κ2) is 18.9. The molecule has 11 aromatic carbocycles. The van der Waals surface area contributed by atoms with Crippen LogP contribution in [-0.4, -0.2) is 6.71 Å². The Hall–Kier alpha value is -10.2. The molecule has 2 aliphatic heterocycles. The molecule has 2 aliphatic rings. The maximum absolute atomic E-state index is 6.73. The fourth-order valence-electron chi connectivity index (χ4n) is 13.4. The first kappa shape index (κ1) is 49.6. The van der Waals surface area contributed by atoms with Gasteiger partial charge in [0.15, 0.2) is 0 Å². The number of hydrogen-bond donors (Lipinski definition) is 0. The number of para-hydroxylation sites is 5. The molecule has 5 heterocycles. The van der Waals surface area contributed by atoms with Gasteiger partial charge in [-0.05, 0) is 197 Å². The monoisotopic (exact) mass is 1080 g/mol. The van der Waals surface area contributed by atoms with Crippen LogP contribution < -0.4 is 31.1 Å². The van der Waals surface area contributed by atoms with Crippen molar-refractivity contribution in [3.05, 3.63) is 265 Å². The minimum Gasteiger partial charge on any atom is -0.456 e. The molecular weight excluding hydrogens is 1030 g/mol. The smallest absolute Gasteiger partial charge is 0.252 e. The van der Waals surface area contributed by atoms with Crippen LogP contribution in [0.1, 0.15) is 43.0 Å². The summed E-state index contributed by atoms with van der Waals surface area (Å²) >= 11 is 0. The molecule has 7 heteroatoms. The fraction of sp³-hybridized carbons (Fsp3) is 0.0909. The molecule has 0 unspecified atom stereocenters. The number of nitrogens with zero attached hydrogens (tertiary/aromatic N) is 3. The Morgan fingerprint density at radius 3 is 1.50 bits per heavy atom. The van der Waals surface area contributed by atoms with Crippen LogP contribution >= 0.6 is 0 Å². The predicted molar refractivity (Wildman–Crippen MR) is 351 cm³/mol. The lowest BCUT2D eigenvalue weighted by Crippen LogP contribution is -2.61. The average molecular weight is 1080 g/mol. The van der Waals surface area contributed by atoms with Crippen molar-refractivity contribution in [1.29, 1.82) is 0 Å². The normalized spacial score (nSPS) is 12.8. The third kappa shape index (κ3) is 8.09. The molecule has 0 aliphatic carbocycles. The Balaban J connectivity index is 0.929. The van der Waals surface area contributed by atoms with E-state index in [9.17, 15) is 0 Å². The Kier molecular flexibility index (Phi) is 11.2. The molecule has 0 atom stereocenters. The molecule has 0 bridgehead atoms. The highest BCUT2D eigenvalue weighted by atomic mass is 16.3. The third-order valence-corrected chi connectivity index (χ3v) is 17.4. The molecule has 0 fully saturated rings. The summed E-state index contributed by atoms with van der Waals surface area (Å²) in [5.41, 5.74) is 24.0. The van der Waals surface area contributed by atoms with Gasteiger partial charge in [-0.2, -0.15) is 0 Å². The van der Waals surface area contributed by atoms with Gasteiger partial charge in [-0.1, -0.05) is 142 Å². The van der Waals surface area contributed by atoms with E-state index in [0.29, 0.717) is 0 Å². The van der Waals surface area contributed by atoms with Gasteiger partial charge >= 0.3 is 0 Å². The number of hydrogen-bond acceptors (Lipinski definition) is 6. The Bertz CT molecular complexity index is 4770. The molecule has 0 amide bonds. The van der Waals surface area contributed by atoms with Gasteiger partial charge in [0.25, 0.3) is 6.71 Å². The summed E-state index contributed by atoms with van der Waals surface area (Å²) in [5, 5.41) is 5.50. The lowest BCUT2D eigenvalue weighted by molar-refractivity contribution is 0.591. The summed E-state index contributed by atoms with van der Waals surface area (Å²) < 4.78 is 19.8. The van der Waals surface area contributed by atoms with Crippen LogP contribution in [0.4, 0.5) is 51.2 Å². The van der Waals surface area contributed by atoms with Crippen molar-refractivity contribution in [3.63, 3.8) is 0 Å². The molecule has 0 saturated heterocycles. The van der Waals surface area contributed by atoms with Gasteiger partial charge in [0.2, 0.25) is 0 Å². The molecule has 0 saturated carbocycles. The summed E-state index contributed by atoms with van der Waals surface area (Å²) in [6.07, 6.45) is 0. The van der Waals surface area contributed by atoms with Crippen molar-refractivity contribution < 1.29 is 13.3 Å². The van der Waals surface area contributed by atoms with E-state index in [4.69, 9.17) is 13.3 Å². The topological polar surface area (TPSA) is 49.1 Å². The zero-order valence-electron chi connectivity index (χ0n) is 47.7. The van der Waals surface area contributed by atoms with E-state index in [1.165, 1.54) is 50.0 Å². The summed E-state index contributed by atoms with van der Waals surface area (Å²) in [6, 6.07) is 88.2. The number of aryl methyl sites for hydroxylation is 3. The maximum Gasteiger partial charge on any atom is 0.252 e. The van der Waals surface area contributed by atoms with Crippen LogP contribution in [-0.2, 0) is 5.41 Å². The molecule has 16 rings (SSSR count). The van der Waals surface area contributed by atoms with Crippen molar-refractivity contribution in [2.24, 2.45) is 0 Å². The summed E-state index contributed by atoms with van der Waals surface area (Å²) in [5.74, 6) is 2.45. The van der Waals surface area contributed by atoms with Crippen LogP contribution in [0.3, 0.4) is 0 Å². The van der Waals surface area contributed by atoms with Crippen molar-refractivity contribution in [3.8, 4) is 34.0 Å². The molecule has 6 nitrogen and oxygen atoms in total. The van der Waals surface area contributed by atoms with Crippen LogP contribution in [0.2, 0.25) is 0 Å². The molecular formula is C77H58BN3O3. The van der Waals surface area contributed by atoms with Crippen molar-refractivity contribution in [2.45, 2.75) is 47.0 Å². The zero-order chi connectivity index (χ0) is 56.5. The standard InChI is InChI=1S/C77H58BN3O3/c1-47-35-67-75-68(36-47)81(76-48(2)17-16-18-49(76)3)66-34-32-61(79(59-22-8-7-9-23-59)60-31-29-50-37-55(28-27-51(50)39-60)72-42-52-19-10-13-24-69(52)82-72)46-64(66)78(75)63-45-58(77(4,5)6)30-33-65(63)80(67)62-40-56(73-43-53-20-11-14-25-70(53)83-73)38-57(41-62)74-44-54-21-12-15-26-71(54)84-74/h7-46H,1-6H3. The Morgan fingerprint density at radius 1 is 0.369 bits per heavy atom. The molecule has 3 aromatic heterocycles. The number of benzene rings is 11. The second-order valence-electron chi connectivity index (χ2n) is 24.0. The SMILES string of the molecule is Cc1cc2c3c(c1)N(c1c(C)cccc1C)c1ccc(N(c4ccccc4)c4ccc5cc(-c6cc7ccccc7o6)ccc5c4)cc1B3c1cc(C(C)(C)C)ccc1N2c1cc(-c2cc3ccccc3o2)cc(-c2cc3ccccc3o2)c1. The lowest BCUT2D eigenvalue weighted by atomic mass is 9.33. The molecule has 402 valence electrons. The minimum absolute atomic E-state index is 0.136. The van der Waals surface area contributed by atoms with E-state index in [1.54, 1.807) is 0 Å². The Morgan fingerprint density at radius 2 is 0.881 bits per heavy atom. The molecule has 84 heavy (non-hydrogen) atoms. The first-order valence-electron chi connectivity index (χ1n) is 29.1. The molecule has 0 spiro atoms. The quantitative estimate of drug-likeness (QED) is 0.141. The van der Waals surface area contributed by atoms with E-state index < -0.39 is 0 Å². The highest BCUT2D eigenvalue weighted by Gasteiger charge is 2.45. The Labute approximate surface area is 489 Å². The first-order valence-corrected chi connectivity index (χ1v) is 29.1. The van der Waals surface area contributed by atoms with E-state index in [0.717, 1.165) is 117 Å². The maximum atomic E-state index is 6.73. The zero-order valence-corrected chi connectivity index (χ0v) is 47.7. The molecule has 14 aromatic rings. The van der Waals surface area contributed by atoms with Crippen LogP contribution in [0, 0.1) is 20.8 Å². The van der Waals surface area contributed by atoms with Gasteiger partial charge in [-0.25, -0.2) is 0 Å². The van der Waals surface area contributed by atoms with Gasteiger partial charge in [-0.15, -0.1) is 0 Å². The second-order valence-corrected chi connectivity index (χ2v) is 24.0. The average Bonchev–Trinajstić information content (AvgIpc) is 1.43. The van der Waals surface area contributed by atoms with Gasteiger partial charge in [0.1, 0.15) is 34.0 Å². The van der Waals surface area contributed by atoms with Gasteiger partial charge < -0.3 is 28.0 Å². The first-order chi connectivity index (χ1) is 40.9. The fourth-order valence-corrected chi connectivity index (χ4v) is 13.4. The third-order valence-electron chi connectivity index (χ3n) is 17.4. The van der Waals surface area contributed by atoms with Crippen molar-refractivity contribution >= 4 is 118 Å². The van der Waals surface area contributed by atoms with Crippen LogP contribution in [0.25, 0.3) is 77.7 Å². The number of fused-ring (bicyclic) bond motifs is 8. The lowest BCUT2D eigenvalue weighted by Gasteiger charge is -2.45. The van der Waals surface area contributed by atoms with E-state index in [1.807, 2.05) is 36.4 Å². The minimum atomic E-state index is -0.154. The summed E-state index contributed by atoms with van der Waals surface area (Å²) in [7, 11) is 0. The van der Waals surface area contributed by atoms with E-state index >= 15 is 0 Å². The molecule has 0 radical (unpaired) electrons.